The number of ether oxygens (including phenoxy) is 1. The summed E-state index contributed by atoms with van der Waals surface area (Å²) < 4.78 is 5.19. The zero-order valence-corrected chi connectivity index (χ0v) is 15.4. The van der Waals surface area contributed by atoms with Crippen molar-refractivity contribution >= 4 is 23.1 Å². The number of nitrogens with zero attached hydrogens (tertiary/aromatic N) is 2. The molecule has 134 valence electrons. The molecule has 0 atom stereocenters. The van der Waals surface area contributed by atoms with Crippen molar-refractivity contribution in [2.45, 2.75) is 26.7 Å². The number of aryl methyl sites for hydroxylation is 2. The Morgan fingerprint density at radius 3 is 2.19 bits per heavy atom. The van der Waals surface area contributed by atoms with Gasteiger partial charge in [0.05, 0.1) is 7.11 Å². The lowest BCUT2D eigenvalue weighted by molar-refractivity contribution is 0.415. The molecule has 3 aromatic rings. The van der Waals surface area contributed by atoms with Crippen molar-refractivity contribution in [3.63, 3.8) is 0 Å². The van der Waals surface area contributed by atoms with Gasteiger partial charge in [0.2, 0.25) is 5.95 Å². The maximum Gasteiger partial charge on any atom is 0.229 e. The maximum absolute atomic E-state index is 5.19. The van der Waals surface area contributed by atoms with Gasteiger partial charge >= 0.3 is 0 Å². The van der Waals surface area contributed by atoms with Crippen molar-refractivity contribution < 1.29 is 4.74 Å². The highest BCUT2D eigenvalue weighted by Crippen LogP contribution is 2.26. The highest BCUT2D eigenvalue weighted by molar-refractivity contribution is 5.65. The first-order chi connectivity index (χ1) is 12.7. The lowest BCUT2D eigenvalue weighted by Crippen LogP contribution is -2.04. The molecule has 5 nitrogen and oxygen atoms in total. The molecule has 26 heavy (non-hydrogen) atoms. The fourth-order valence-electron chi connectivity index (χ4n) is 2.83. The predicted octanol–water partition coefficient (Wildman–Crippen LogP) is 5.10. The van der Waals surface area contributed by atoms with Gasteiger partial charge in [-0.1, -0.05) is 32.0 Å². The van der Waals surface area contributed by atoms with Gasteiger partial charge in [0.1, 0.15) is 11.6 Å². The summed E-state index contributed by atoms with van der Waals surface area (Å²) in [5.41, 5.74) is 4.58. The SMILES string of the molecule is CCc1cccc(CC)c1Nc1nccc(Nc2ccc(OC)cc2)n1. The zero-order chi connectivity index (χ0) is 18.4. The number of aromatic nitrogens is 2. The summed E-state index contributed by atoms with van der Waals surface area (Å²) >= 11 is 0. The van der Waals surface area contributed by atoms with E-state index in [1.54, 1.807) is 13.3 Å². The summed E-state index contributed by atoms with van der Waals surface area (Å²) in [6, 6.07) is 16.0. The normalized spacial score (nSPS) is 10.4. The van der Waals surface area contributed by atoms with Crippen molar-refractivity contribution in [2.75, 3.05) is 17.7 Å². The van der Waals surface area contributed by atoms with Crippen molar-refractivity contribution in [3.8, 4) is 5.75 Å². The van der Waals surface area contributed by atoms with Crippen LogP contribution in [0.15, 0.2) is 54.7 Å². The van der Waals surface area contributed by atoms with Gasteiger partial charge in [-0.05, 0) is 54.3 Å². The second-order valence-corrected chi connectivity index (χ2v) is 5.90. The van der Waals surface area contributed by atoms with Crippen molar-refractivity contribution in [1.82, 2.24) is 9.97 Å². The maximum atomic E-state index is 5.19. The van der Waals surface area contributed by atoms with Gasteiger partial charge in [0.25, 0.3) is 0 Å². The molecular weight excluding hydrogens is 324 g/mol. The van der Waals surface area contributed by atoms with Gasteiger partial charge in [-0.3, -0.25) is 0 Å². The largest absolute Gasteiger partial charge is 0.497 e. The van der Waals surface area contributed by atoms with E-state index in [4.69, 9.17) is 4.74 Å². The molecule has 0 aliphatic rings. The predicted molar refractivity (Wildman–Crippen MR) is 107 cm³/mol. The van der Waals surface area contributed by atoms with Crippen LogP contribution in [0.1, 0.15) is 25.0 Å². The Bertz CT molecular complexity index is 840. The van der Waals surface area contributed by atoms with Gasteiger partial charge in [0, 0.05) is 17.6 Å². The van der Waals surface area contributed by atoms with E-state index in [2.05, 4.69) is 52.6 Å². The molecule has 0 spiro atoms. The van der Waals surface area contributed by atoms with E-state index in [9.17, 15) is 0 Å². The summed E-state index contributed by atoms with van der Waals surface area (Å²) in [5.74, 6) is 2.14. The van der Waals surface area contributed by atoms with Crippen molar-refractivity contribution in [3.05, 3.63) is 65.9 Å². The minimum absolute atomic E-state index is 0.583. The first-order valence-corrected chi connectivity index (χ1v) is 8.85. The minimum atomic E-state index is 0.583. The van der Waals surface area contributed by atoms with Crippen LogP contribution in [0.4, 0.5) is 23.1 Å². The fraction of sp³-hybridized carbons (Fsp3) is 0.238. The third-order valence-electron chi connectivity index (χ3n) is 4.25. The van der Waals surface area contributed by atoms with Crippen LogP contribution in [-0.4, -0.2) is 17.1 Å². The fourth-order valence-corrected chi connectivity index (χ4v) is 2.83. The van der Waals surface area contributed by atoms with Crippen molar-refractivity contribution in [1.29, 1.82) is 0 Å². The van der Waals surface area contributed by atoms with Crippen LogP contribution in [0, 0.1) is 0 Å². The Hall–Kier alpha value is -3.08. The molecule has 0 aliphatic carbocycles. The van der Waals surface area contributed by atoms with Crippen LogP contribution in [0.3, 0.4) is 0 Å². The lowest BCUT2D eigenvalue weighted by Gasteiger charge is -2.15. The molecule has 2 N–H and O–H groups in total. The van der Waals surface area contributed by atoms with E-state index < -0.39 is 0 Å². The summed E-state index contributed by atoms with van der Waals surface area (Å²) in [6.07, 6.45) is 3.67. The quantitative estimate of drug-likeness (QED) is 0.622. The Kier molecular flexibility index (Phi) is 5.69. The highest BCUT2D eigenvalue weighted by atomic mass is 16.5. The number of methoxy groups -OCH3 is 1. The average molecular weight is 348 g/mol. The summed E-state index contributed by atoms with van der Waals surface area (Å²) in [4.78, 5) is 8.96. The number of rotatable bonds is 7. The molecule has 0 bridgehead atoms. The van der Waals surface area contributed by atoms with E-state index >= 15 is 0 Å². The highest BCUT2D eigenvalue weighted by Gasteiger charge is 2.08. The molecule has 0 saturated heterocycles. The van der Waals surface area contributed by atoms with Crippen molar-refractivity contribution in [2.24, 2.45) is 0 Å². The standard InChI is InChI=1S/C21H24N4O/c1-4-15-7-6-8-16(5-2)20(15)25-21-22-14-13-19(24-21)23-17-9-11-18(26-3)12-10-17/h6-14H,4-5H2,1-3H3,(H2,22,23,24,25). The molecule has 1 heterocycles. The molecule has 0 radical (unpaired) electrons. The molecule has 0 unspecified atom stereocenters. The number of anilines is 4. The summed E-state index contributed by atoms with van der Waals surface area (Å²) in [7, 11) is 1.66. The minimum Gasteiger partial charge on any atom is -0.497 e. The number of para-hydroxylation sites is 1. The Morgan fingerprint density at radius 2 is 1.58 bits per heavy atom. The van der Waals surface area contributed by atoms with E-state index in [0.717, 1.165) is 35.8 Å². The molecule has 3 rings (SSSR count). The molecule has 5 heteroatoms. The van der Waals surface area contributed by atoms with Crippen LogP contribution in [0.2, 0.25) is 0 Å². The number of benzene rings is 2. The second-order valence-electron chi connectivity index (χ2n) is 5.90. The monoisotopic (exact) mass is 348 g/mol. The van der Waals surface area contributed by atoms with Gasteiger partial charge in [-0.25, -0.2) is 4.98 Å². The van der Waals surface area contributed by atoms with E-state index in [1.165, 1.54) is 11.1 Å². The molecular formula is C21H24N4O. The van der Waals surface area contributed by atoms with E-state index in [-0.39, 0.29) is 0 Å². The summed E-state index contributed by atoms with van der Waals surface area (Å²) in [5, 5.41) is 6.70. The number of nitrogens with one attached hydrogen (secondary N) is 2. The lowest BCUT2D eigenvalue weighted by atomic mass is 10.0. The van der Waals surface area contributed by atoms with Crippen LogP contribution < -0.4 is 15.4 Å². The van der Waals surface area contributed by atoms with Gasteiger partial charge in [-0.2, -0.15) is 4.98 Å². The van der Waals surface area contributed by atoms with Crippen LogP contribution >= 0.6 is 0 Å². The number of hydrogen-bond donors (Lipinski definition) is 2. The van der Waals surface area contributed by atoms with Crippen LogP contribution in [0.25, 0.3) is 0 Å². The smallest absolute Gasteiger partial charge is 0.229 e. The molecule has 0 aliphatic heterocycles. The van der Waals surface area contributed by atoms with E-state index in [1.807, 2.05) is 30.3 Å². The van der Waals surface area contributed by atoms with Gasteiger partial charge in [0.15, 0.2) is 0 Å². The Morgan fingerprint density at radius 1 is 0.885 bits per heavy atom. The van der Waals surface area contributed by atoms with Crippen LogP contribution in [0.5, 0.6) is 5.75 Å². The molecule has 2 aromatic carbocycles. The zero-order valence-electron chi connectivity index (χ0n) is 15.4. The second kappa shape index (κ2) is 8.34. The number of hydrogen-bond acceptors (Lipinski definition) is 5. The first kappa shape index (κ1) is 17.7. The Balaban J connectivity index is 1.81. The van der Waals surface area contributed by atoms with Crippen LogP contribution in [-0.2, 0) is 12.8 Å². The molecule has 0 fully saturated rings. The molecule has 1 aromatic heterocycles. The van der Waals surface area contributed by atoms with E-state index in [0.29, 0.717) is 5.95 Å². The topological polar surface area (TPSA) is 59.1 Å². The molecule has 0 amide bonds. The van der Waals surface area contributed by atoms with Gasteiger partial charge < -0.3 is 15.4 Å². The van der Waals surface area contributed by atoms with Gasteiger partial charge in [-0.15, -0.1) is 0 Å². The summed E-state index contributed by atoms with van der Waals surface area (Å²) in [6.45, 7) is 4.31. The Labute approximate surface area is 154 Å². The molecule has 0 saturated carbocycles. The first-order valence-electron chi connectivity index (χ1n) is 8.85. The average Bonchev–Trinajstić information content (AvgIpc) is 2.69. The third kappa shape index (κ3) is 4.11. The third-order valence-corrected chi connectivity index (χ3v) is 4.25.